The first-order chi connectivity index (χ1) is 6.72. The summed E-state index contributed by atoms with van der Waals surface area (Å²) in [5.41, 5.74) is 0.930. The first-order valence-electron chi connectivity index (χ1n) is 4.45. The van der Waals surface area contributed by atoms with Crippen LogP contribution in [-0.2, 0) is 6.42 Å². The average Bonchev–Trinajstić information content (AvgIpc) is 2.71. The molecule has 0 saturated carbocycles. The third kappa shape index (κ3) is 1.39. The lowest BCUT2D eigenvalue weighted by Gasteiger charge is -1.91. The second kappa shape index (κ2) is 3.42. The zero-order chi connectivity index (χ0) is 10.1. The molecule has 0 aliphatic rings. The molecular formula is C9H11N3OS. The SMILES string of the molecule is CCc1nc(-n2cc[nH]c2=O)sc1C. The molecule has 0 unspecified atom stereocenters. The Morgan fingerprint density at radius 1 is 1.64 bits per heavy atom. The number of nitrogens with one attached hydrogen (secondary N) is 1. The van der Waals surface area contributed by atoms with Gasteiger partial charge in [-0.05, 0) is 13.3 Å². The largest absolute Gasteiger partial charge is 0.331 e. The van der Waals surface area contributed by atoms with E-state index in [9.17, 15) is 4.79 Å². The van der Waals surface area contributed by atoms with Crippen LogP contribution in [0, 0.1) is 6.92 Å². The topological polar surface area (TPSA) is 50.7 Å². The molecule has 0 aliphatic carbocycles. The van der Waals surface area contributed by atoms with Crippen molar-refractivity contribution < 1.29 is 0 Å². The van der Waals surface area contributed by atoms with Gasteiger partial charge in [0.15, 0.2) is 5.13 Å². The third-order valence-electron chi connectivity index (χ3n) is 2.07. The van der Waals surface area contributed by atoms with Crippen molar-refractivity contribution >= 4 is 11.3 Å². The lowest BCUT2D eigenvalue weighted by molar-refractivity contribution is 0.941. The summed E-state index contributed by atoms with van der Waals surface area (Å²) in [6.07, 6.45) is 4.21. The molecule has 0 aliphatic heterocycles. The van der Waals surface area contributed by atoms with Crippen molar-refractivity contribution in [2.45, 2.75) is 20.3 Å². The molecular weight excluding hydrogens is 198 g/mol. The second-order valence-corrected chi connectivity index (χ2v) is 4.17. The van der Waals surface area contributed by atoms with Gasteiger partial charge in [-0.1, -0.05) is 6.92 Å². The Labute approximate surface area is 85.2 Å². The van der Waals surface area contributed by atoms with Gasteiger partial charge >= 0.3 is 5.69 Å². The van der Waals surface area contributed by atoms with E-state index >= 15 is 0 Å². The number of thiazole rings is 1. The number of aryl methyl sites for hydroxylation is 2. The molecule has 2 aromatic rings. The zero-order valence-corrected chi connectivity index (χ0v) is 8.89. The van der Waals surface area contributed by atoms with Gasteiger partial charge in [0.25, 0.3) is 0 Å². The number of imidazole rings is 1. The highest BCUT2D eigenvalue weighted by molar-refractivity contribution is 7.14. The van der Waals surface area contributed by atoms with E-state index in [0.29, 0.717) is 0 Å². The van der Waals surface area contributed by atoms with Gasteiger partial charge in [0.05, 0.1) is 5.69 Å². The fraction of sp³-hybridized carbons (Fsp3) is 0.333. The molecule has 0 aromatic carbocycles. The molecule has 2 rings (SSSR count). The molecule has 0 amide bonds. The van der Waals surface area contributed by atoms with E-state index in [2.05, 4.69) is 16.9 Å². The van der Waals surface area contributed by atoms with E-state index < -0.39 is 0 Å². The van der Waals surface area contributed by atoms with Gasteiger partial charge in [0.2, 0.25) is 0 Å². The molecule has 14 heavy (non-hydrogen) atoms. The standard InChI is InChI=1S/C9H11N3OS/c1-3-7-6(2)14-9(11-7)12-5-4-10-8(12)13/h4-5H,3H2,1-2H3,(H,10,13). The van der Waals surface area contributed by atoms with Crippen LogP contribution in [0.1, 0.15) is 17.5 Å². The van der Waals surface area contributed by atoms with Gasteiger partial charge in [0.1, 0.15) is 0 Å². The first-order valence-corrected chi connectivity index (χ1v) is 5.26. The van der Waals surface area contributed by atoms with E-state index in [4.69, 9.17) is 0 Å². The summed E-state index contributed by atoms with van der Waals surface area (Å²) < 4.78 is 1.52. The lowest BCUT2D eigenvalue weighted by Crippen LogP contribution is -2.13. The number of rotatable bonds is 2. The maximum absolute atomic E-state index is 11.3. The van der Waals surface area contributed by atoms with Crippen LogP contribution >= 0.6 is 11.3 Å². The molecule has 1 N–H and O–H groups in total. The zero-order valence-electron chi connectivity index (χ0n) is 8.07. The van der Waals surface area contributed by atoms with Crippen LogP contribution in [0.5, 0.6) is 0 Å². The minimum atomic E-state index is -0.138. The quantitative estimate of drug-likeness (QED) is 0.814. The fourth-order valence-electron chi connectivity index (χ4n) is 1.31. The van der Waals surface area contributed by atoms with Crippen LogP contribution in [0.2, 0.25) is 0 Å². The predicted octanol–water partition coefficient (Wildman–Crippen LogP) is 1.49. The molecule has 2 aromatic heterocycles. The van der Waals surface area contributed by atoms with Crippen molar-refractivity contribution in [3.05, 3.63) is 33.4 Å². The Balaban J connectivity index is 2.53. The van der Waals surface area contributed by atoms with E-state index in [1.807, 2.05) is 6.92 Å². The molecule has 0 atom stereocenters. The van der Waals surface area contributed by atoms with Crippen LogP contribution in [0.15, 0.2) is 17.2 Å². The number of aromatic amines is 1. The smallest absolute Gasteiger partial charge is 0.312 e. The normalized spacial score (nSPS) is 10.7. The highest BCUT2D eigenvalue weighted by Crippen LogP contribution is 2.19. The summed E-state index contributed by atoms with van der Waals surface area (Å²) in [5.74, 6) is 0. The van der Waals surface area contributed by atoms with Gasteiger partial charge in [-0.3, -0.25) is 0 Å². The number of hydrogen-bond donors (Lipinski definition) is 1. The Hall–Kier alpha value is -1.36. The minimum Gasteiger partial charge on any atom is -0.312 e. The first kappa shape index (κ1) is 9.21. The van der Waals surface area contributed by atoms with Crippen molar-refractivity contribution in [1.29, 1.82) is 0 Å². The summed E-state index contributed by atoms with van der Waals surface area (Å²) in [5, 5.41) is 0.741. The fourth-order valence-corrected chi connectivity index (χ4v) is 2.29. The minimum absolute atomic E-state index is 0.138. The molecule has 2 heterocycles. The monoisotopic (exact) mass is 209 g/mol. The number of aromatic nitrogens is 3. The Bertz CT molecular complexity index is 494. The summed E-state index contributed by atoms with van der Waals surface area (Å²) >= 11 is 1.54. The van der Waals surface area contributed by atoms with Gasteiger partial charge in [-0.15, -0.1) is 11.3 Å². The van der Waals surface area contributed by atoms with Crippen molar-refractivity contribution in [3.63, 3.8) is 0 Å². The second-order valence-electron chi connectivity index (χ2n) is 2.99. The molecule has 4 nitrogen and oxygen atoms in total. The van der Waals surface area contributed by atoms with E-state index in [0.717, 1.165) is 17.2 Å². The van der Waals surface area contributed by atoms with Crippen LogP contribution in [0.4, 0.5) is 0 Å². The van der Waals surface area contributed by atoms with Gasteiger partial charge in [-0.2, -0.15) is 0 Å². The van der Waals surface area contributed by atoms with Crippen molar-refractivity contribution in [3.8, 4) is 5.13 Å². The van der Waals surface area contributed by atoms with E-state index in [1.165, 1.54) is 9.44 Å². The Morgan fingerprint density at radius 2 is 2.43 bits per heavy atom. The number of nitrogens with zero attached hydrogens (tertiary/aromatic N) is 2. The van der Waals surface area contributed by atoms with Crippen LogP contribution < -0.4 is 5.69 Å². The summed E-state index contributed by atoms with van der Waals surface area (Å²) in [7, 11) is 0. The number of H-pyrrole nitrogens is 1. The van der Waals surface area contributed by atoms with E-state index in [-0.39, 0.29) is 5.69 Å². The highest BCUT2D eigenvalue weighted by atomic mass is 32.1. The summed E-state index contributed by atoms with van der Waals surface area (Å²) in [4.78, 5) is 19.5. The maximum Gasteiger partial charge on any atom is 0.331 e. The Morgan fingerprint density at radius 3 is 2.93 bits per heavy atom. The van der Waals surface area contributed by atoms with Crippen molar-refractivity contribution in [2.75, 3.05) is 0 Å². The van der Waals surface area contributed by atoms with E-state index in [1.54, 1.807) is 23.7 Å². The van der Waals surface area contributed by atoms with Crippen molar-refractivity contribution in [2.24, 2.45) is 0 Å². The average molecular weight is 209 g/mol. The molecule has 0 fully saturated rings. The molecule has 5 heteroatoms. The highest BCUT2D eigenvalue weighted by Gasteiger charge is 2.08. The molecule has 0 spiro atoms. The van der Waals surface area contributed by atoms with Crippen LogP contribution in [0.3, 0.4) is 0 Å². The van der Waals surface area contributed by atoms with Crippen molar-refractivity contribution in [1.82, 2.24) is 14.5 Å². The Kier molecular flexibility index (Phi) is 2.25. The number of hydrogen-bond acceptors (Lipinski definition) is 3. The maximum atomic E-state index is 11.3. The summed E-state index contributed by atoms with van der Waals surface area (Å²) in [6, 6.07) is 0. The molecule has 74 valence electrons. The van der Waals surface area contributed by atoms with Gasteiger partial charge in [0, 0.05) is 17.3 Å². The lowest BCUT2D eigenvalue weighted by atomic mass is 10.3. The van der Waals surface area contributed by atoms with Crippen LogP contribution in [-0.4, -0.2) is 14.5 Å². The van der Waals surface area contributed by atoms with Gasteiger partial charge in [-0.25, -0.2) is 14.3 Å². The summed E-state index contributed by atoms with van der Waals surface area (Å²) in [6.45, 7) is 4.09. The van der Waals surface area contributed by atoms with Gasteiger partial charge < -0.3 is 4.98 Å². The van der Waals surface area contributed by atoms with Crippen LogP contribution in [0.25, 0.3) is 5.13 Å². The third-order valence-corrected chi connectivity index (χ3v) is 3.08. The molecule has 0 radical (unpaired) electrons. The predicted molar refractivity (Wildman–Crippen MR) is 56.2 cm³/mol. The molecule has 0 bridgehead atoms. The molecule has 0 saturated heterocycles.